The largest absolute Gasteiger partial charge is 0.367 e. The third-order valence-electron chi connectivity index (χ3n) is 0.568. The fourth-order valence-corrected chi connectivity index (χ4v) is 0.283. The molecule has 0 atom stereocenters. The molecule has 40 valence electrons. The second-order valence-electron chi connectivity index (χ2n) is 1.12. The van der Waals surface area contributed by atoms with E-state index in [2.05, 4.69) is 20.8 Å². The van der Waals surface area contributed by atoms with E-state index in [-0.39, 0.29) is 5.96 Å². The lowest BCUT2D eigenvalue weighted by atomic mass is 10.9. The molecular formula is C4H4N4. The predicted molar refractivity (Wildman–Crippen MR) is 32.1 cm³/mol. The summed E-state index contributed by atoms with van der Waals surface area (Å²) in [6.07, 6.45) is 2.71. The maximum Gasteiger partial charge on any atom is 0.229 e. The van der Waals surface area contributed by atoms with Gasteiger partial charge in [-0.05, 0) is 0 Å². The number of hydrogen-bond donors (Lipinski definition) is 1. The Bertz CT molecular complexity index is 194. The van der Waals surface area contributed by atoms with Crippen LogP contribution in [-0.4, -0.2) is 18.2 Å². The molecule has 0 saturated carbocycles. The molecule has 1 rings (SSSR count). The highest BCUT2D eigenvalue weighted by molar-refractivity contribution is 5.91. The van der Waals surface area contributed by atoms with Crippen molar-refractivity contribution in [2.24, 2.45) is 20.7 Å². The molecule has 2 N–H and O–H groups in total. The van der Waals surface area contributed by atoms with Crippen LogP contribution in [0, 0.1) is 0 Å². The first-order valence-corrected chi connectivity index (χ1v) is 2.02. The summed E-state index contributed by atoms with van der Waals surface area (Å²) >= 11 is 0. The molecule has 0 aromatic rings. The number of hydrogen-bond acceptors (Lipinski definition) is 4. The summed E-state index contributed by atoms with van der Waals surface area (Å²) < 4.78 is 0. The molecule has 1 aliphatic rings. The van der Waals surface area contributed by atoms with Crippen LogP contribution in [0.1, 0.15) is 0 Å². The van der Waals surface area contributed by atoms with Gasteiger partial charge in [-0.3, -0.25) is 0 Å². The van der Waals surface area contributed by atoms with Gasteiger partial charge in [0.25, 0.3) is 0 Å². The summed E-state index contributed by atoms with van der Waals surface area (Å²) in [5.74, 6) is 2.63. The van der Waals surface area contributed by atoms with E-state index in [1.54, 1.807) is 0 Å². The van der Waals surface area contributed by atoms with E-state index >= 15 is 0 Å². The second kappa shape index (κ2) is 2.04. The third kappa shape index (κ3) is 1.03. The van der Waals surface area contributed by atoms with E-state index in [1.807, 2.05) is 0 Å². The summed E-state index contributed by atoms with van der Waals surface area (Å²) in [4.78, 5) is 10.7. The summed E-state index contributed by atoms with van der Waals surface area (Å²) in [6, 6.07) is 0. The first kappa shape index (κ1) is 4.74. The van der Waals surface area contributed by atoms with E-state index < -0.39 is 0 Å². The summed E-state index contributed by atoms with van der Waals surface area (Å²) in [5, 5.41) is 0. The van der Waals surface area contributed by atoms with Gasteiger partial charge >= 0.3 is 0 Å². The fraction of sp³-hybridized carbons (Fsp3) is 0. The van der Waals surface area contributed by atoms with Crippen LogP contribution >= 0.6 is 0 Å². The van der Waals surface area contributed by atoms with Crippen molar-refractivity contribution in [2.45, 2.75) is 0 Å². The Morgan fingerprint density at radius 1 is 1.62 bits per heavy atom. The van der Waals surface area contributed by atoms with Crippen LogP contribution in [0.3, 0.4) is 0 Å². The number of nitrogens with zero attached hydrogens (tertiary/aromatic N) is 3. The quantitative estimate of drug-likeness (QED) is 0.447. The maximum absolute atomic E-state index is 5.14. The van der Waals surface area contributed by atoms with Gasteiger partial charge in [0, 0.05) is 5.87 Å². The summed E-state index contributed by atoms with van der Waals surface area (Å²) in [6.45, 7) is 0. The number of guanidine groups is 1. The van der Waals surface area contributed by atoms with E-state index in [0.717, 1.165) is 0 Å². The van der Waals surface area contributed by atoms with Crippen molar-refractivity contribution < 1.29 is 0 Å². The Morgan fingerprint density at radius 2 is 2.50 bits per heavy atom. The molecule has 0 aromatic carbocycles. The minimum atomic E-state index is 0.183. The number of nitrogens with two attached hydrogens (primary N) is 1. The van der Waals surface area contributed by atoms with Crippen molar-refractivity contribution in [3.8, 4) is 0 Å². The highest BCUT2D eigenvalue weighted by atomic mass is 15.0. The van der Waals surface area contributed by atoms with Gasteiger partial charge in [0.1, 0.15) is 6.34 Å². The first-order chi connectivity index (χ1) is 3.89. The topological polar surface area (TPSA) is 63.1 Å². The van der Waals surface area contributed by atoms with Crippen LogP contribution < -0.4 is 5.73 Å². The van der Waals surface area contributed by atoms with Crippen LogP contribution in [0.25, 0.3) is 0 Å². The van der Waals surface area contributed by atoms with Crippen molar-refractivity contribution >= 4 is 18.2 Å². The highest BCUT2D eigenvalue weighted by Crippen LogP contribution is 1.74. The van der Waals surface area contributed by atoms with Crippen LogP contribution in [0.15, 0.2) is 21.2 Å². The minimum Gasteiger partial charge on any atom is -0.367 e. The molecule has 4 nitrogen and oxygen atoms in total. The van der Waals surface area contributed by atoms with Gasteiger partial charge in [-0.2, -0.15) is 4.99 Å². The zero-order valence-electron chi connectivity index (χ0n) is 4.07. The van der Waals surface area contributed by atoms with Gasteiger partial charge in [-0.15, -0.1) is 0 Å². The second-order valence-corrected chi connectivity index (χ2v) is 1.12. The van der Waals surface area contributed by atoms with Crippen molar-refractivity contribution in [1.29, 1.82) is 0 Å². The molecule has 0 amide bonds. The third-order valence-corrected chi connectivity index (χ3v) is 0.568. The van der Waals surface area contributed by atoms with Crippen molar-refractivity contribution in [3.63, 3.8) is 0 Å². The Labute approximate surface area is 46.2 Å². The van der Waals surface area contributed by atoms with E-state index in [9.17, 15) is 0 Å². The van der Waals surface area contributed by atoms with Crippen molar-refractivity contribution in [3.05, 3.63) is 6.20 Å². The lowest BCUT2D eigenvalue weighted by Gasteiger charge is -1.77. The molecular weight excluding hydrogens is 104 g/mol. The molecule has 1 aliphatic heterocycles. The Hall–Kier alpha value is -1.41. The lowest BCUT2D eigenvalue weighted by Crippen LogP contribution is -2.06. The van der Waals surface area contributed by atoms with Crippen LogP contribution in [0.4, 0.5) is 0 Å². The van der Waals surface area contributed by atoms with E-state index in [1.165, 1.54) is 12.5 Å². The summed E-state index contributed by atoms with van der Waals surface area (Å²) in [5.41, 5.74) is 5.14. The molecule has 0 fully saturated rings. The Morgan fingerprint density at radius 3 is 3.38 bits per heavy atom. The number of rotatable bonds is 0. The van der Waals surface area contributed by atoms with Gasteiger partial charge in [0.15, 0.2) is 0 Å². The average Bonchev–Trinajstić information content (AvgIpc) is 1.94. The molecule has 0 unspecified atom stereocenters. The van der Waals surface area contributed by atoms with Crippen LogP contribution in [0.2, 0.25) is 0 Å². The van der Waals surface area contributed by atoms with Crippen LogP contribution in [-0.2, 0) is 0 Å². The molecule has 1 heterocycles. The van der Waals surface area contributed by atoms with Gasteiger partial charge < -0.3 is 5.73 Å². The molecule has 0 saturated heterocycles. The zero-order valence-corrected chi connectivity index (χ0v) is 4.07. The van der Waals surface area contributed by atoms with E-state index in [0.29, 0.717) is 0 Å². The average molecular weight is 108 g/mol. The first-order valence-electron chi connectivity index (χ1n) is 2.02. The lowest BCUT2D eigenvalue weighted by molar-refractivity contribution is 1.51. The molecule has 8 heavy (non-hydrogen) atoms. The van der Waals surface area contributed by atoms with Gasteiger partial charge in [-0.1, -0.05) is 0 Å². The summed E-state index contributed by atoms with van der Waals surface area (Å²) in [7, 11) is 0. The molecule has 0 spiro atoms. The standard InChI is InChI=1S/C4H4N4/c5-4-7-2-1-6-3-8-4/h1,3H,(H2,5,6,8). The minimum absolute atomic E-state index is 0.183. The van der Waals surface area contributed by atoms with Crippen LogP contribution in [0.5, 0.6) is 0 Å². The maximum atomic E-state index is 5.14. The smallest absolute Gasteiger partial charge is 0.229 e. The molecule has 4 heteroatoms. The van der Waals surface area contributed by atoms with Gasteiger partial charge in [-0.25, -0.2) is 9.98 Å². The van der Waals surface area contributed by atoms with Gasteiger partial charge in [0.2, 0.25) is 5.96 Å². The monoisotopic (exact) mass is 108 g/mol. The molecule has 0 aliphatic carbocycles. The zero-order chi connectivity index (χ0) is 5.82. The Kier molecular flexibility index (Phi) is 1.21. The Balaban J connectivity index is 2.94. The van der Waals surface area contributed by atoms with Crippen molar-refractivity contribution in [2.75, 3.05) is 0 Å². The van der Waals surface area contributed by atoms with E-state index in [4.69, 9.17) is 5.73 Å². The fourth-order valence-electron chi connectivity index (χ4n) is 0.283. The molecule has 0 aromatic heterocycles. The number of aliphatic imine (C=N–C) groups is 3. The van der Waals surface area contributed by atoms with Crippen molar-refractivity contribution in [1.82, 2.24) is 0 Å². The predicted octanol–water partition coefficient (Wildman–Crippen LogP) is -0.474. The molecule has 0 radical (unpaired) electrons. The normalized spacial score (nSPS) is 15.8. The SMILES string of the molecule is NC1=NC=NC=C=N1. The van der Waals surface area contributed by atoms with Gasteiger partial charge in [0.05, 0.1) is 6.20 Å². The molecule has 0 bridgehead atoms. The highest BCUT2D eigenvalue weighted by Gasteiger charge is 1.80.